The van der Waals surface area contributed by atoms with Gasteiger partial charge < -0.3 is 15.4 Å². The maximum atomic E-state index is 5.91. The van der Waals surface area contributed by atoms with Crippen LogP contribution in [0.15, 0.2) is 23.2 Å². The number of anilines is 1. The molecule has 0 aliphatic carbocycles. The topological polar surface area (TPSA) is 50.8 Å². The van der Waals surface area contributed by atoms with Crippen molar-refractivity contribution in [2.75, 3.05) is 25.1 Å². The molecule has 0 spiro atoms. The second-order valence-electron chi connectivity index (χ2n) is 5.53. The maximum Gasteiger partial charge on any atom is 0.196 e. The summed E-state index contributed by atoms with van der Waals surface area (Å²) in [5, 5.41) is 0. The van der Waals surface area contributed by atoms with Crippen LogP contribution in [0.1, 0.15) is 26.3 Å². The Hall–Kier alpha value is -1.71. The van der Waals surface area contributed by atoms with Gasteiger partial charge in [0.2, 0.25) is 0 Å². The van der Waals surface area contributed by atoms with Gasteiger partial charge >= 0.3 is 0 Å². The van der Waals surface area contributed by atoms with Crippen LogP contribution < -0.4 is 15.4 Å². The van der Waals surface area contributed by atoms with E-state index >= 15 is 0 Å². The van der Waals surface area contributed by atoms with Crippen molar-refractivity contribution in [3.8, 4) is 5.75 Å². The van der Waals surface area contributed by atoms with Gasteiger partial charge in [-0.25, -0.2) is 0 Å². The van der Waals surface area contributed by atoms with Gasteiger partial charge in [0.05, 0.1) is 19.3 Å². The molecule has 4 heteroatoms. The molecule has 0 radical (unpaired) electrons. The van der Waals surface area contributed by atoms with E-state index in [1.165, 1.54) is 5.56 Å². The Morgan fingerprint density at radius 2 is 2.06 bits per heavy atom. The molecule has 2 rings (SSSR count). The number of nitrogens with two attached hydrogens (primary N) is 1. The molecule has 0 unspecified atom stereocenters. The molecule has 18 heavy (non-hydrogen) atoms. The Morgan fingerprint density at radius 1 is 1.33 bits per heavy atom. The highest BCUT2D eigenvalue weighted by Gasteiger charge is 2.22. The Morgan fingerprint density at radius 3 is 2.56 bits per heavy atom. The number of nitrogens with zero attached hydrogens (tertiary/aromatic N) is 2. The van der Waals surface area contributed by atoms with Crippen molar-refractivity contribution in [3.05, 3.63) is 23.8 Å². The fraction of sp³-hybridized carbons (Fsp3) is 0.500. The third-order valence-corrected chi connectivity index (χ3v) is 3.21. The van der Waals surface area contributed by atoms with Crippen molar-refractivity contribution in [1.82, 2.24) is 0 Å². The molecule has 1 aromatic carbocycles. The summed E-state index contributed by atoms with van der Waals surface area (Å²) in [4.78, 5) is 6.23. The zero-order valence-electron chi connectivity index (χ0n) is 11.5. The number of guanidine groups is 1. The summed E-state index contributed by atoms with van der Waals surface area (Å²) < 4.78 is 5.42. The zero-order valence-corrected chi connectivity index (χ0v) is 11.5. The molecule has 2 N–H and O–H groups in total. The second kappa shape index (κ2) is 4.52. The molecule has 4 nitrogen and oxygen atoms in total. The van der Waals surface area contributed by atoms with Crippen LogP contribution in [0.4, 0.5) is 5.69 Å². The van der Waals surface area contributed by atoms with E-state index in [0.29, 0.717) is 5.96 Å². The van der Waals surface area contributed by atoms with Crippen LogP contribution in [0.25, 0.3) is 0 Å². The van der Waals surface area contributed by atoms with Crippen molar-refractivity contribution in [2.24, 2.45) is 10.7 Å². The quantitative estimate of drug-likeness (QED) is 0.871. The molecule has 1 aromatic rings. The van der Waals surface area contributed by atoms with Crippen LogP contribution >= 0.6 is 0 Å². The Balaban J connectivity index is 2.46. The third kappa shape index (κ3) is 2.28. The van der Waals surface area contributed by atoms with Gasteiger partial charge in [0.25, 0.3) is 0 Å². The van der Waals surface area contributed by atoms with Crippen molar-refractivity contribution in [3.63, 3.8) is 0 Å². The molecule has 1 heterocycles. The fourth-order valence-corrected chi connectivity index (χ4v) is 2.08. The summed E-state index contributed by atoms with van der Waals surface area (Å²) in [7, 11) is 1.68. The second-order valence-corrected chi connectivity index (χ2v) is 5.53. The molecule has 0 saturated carbocycles. The number of hydrogen-bond donors (Lipinski definition) is 1. The number of ether oxygens (including phenoxy) is 1. The normalized spacial score (nSPS) is 15.8. The molecular formula is C14H21N3O. The first-order valence-electron chi connectivity index (χ1n) is 6.19. The summed E-state index contributed by atoms with van der Waals surface area (Å²) >= 11 is 0. The molecular weight excluding hydrogens is 226 g/mol. The van der Waals surface area contributed by atoms with Gasteiger partial charge in [-0.2, -0.15) is 0 Å². The molecule has 0 atom stereocenters. The Kier molecular flexibility index (Phi) is 3.20. The highest BCUT2D eigenvalue weighted by molar-refractivity contribution is 5.97. The lowest BCUT2D eigenvalue weighted by molar-refractivity contribution is 0.415. The van der Waals surface area contributed by atoms with Crippen LogP contribution in [0.2, 0.25) is 0 Å². The van der Waals surface area contributed by atoms with E-state index in [1.54, 1.807) is 7.11 Å². The zero-order chi connectivity index (χ0) is 13.3. The summed E-state index contributed by atoms with van der Waals surface area (Å²) in [6.45, 7) is 8.14. The average molecular weight is 247 g/mol. The highest BCUT2D eigenvalue weighted by atomic mass is 16.5. The van der Waals surface area contributed by atoms with Crippen LogP contribution in [-0.4, -0.2) is 26.2 Å². The molecule has 98 valence electrons. The third-order valence-electron chi connectivity index (χ3n) is 3.21. The van der Waals surface area contributed by atoms with Gasteiger partial charge in [-0.05, 0) is 23.1 Å². The van der Waals surface area contributed by atoms with E-state index < -0.39 is 0 Å². The summed E-state index contributed by atoms with van der Waals surface area (Å²) in [5.41, 5.74) is 8.28. The van der Waals surface area contributed by atoms with Crippen LogP contribution in [-0.2, 0) is 5.41 Å². The largest absolute Gasteiger partial charge is 0.495 e. The van der Waals surface area contributed by atoms with E-state index in [0.717, 1.165) is 24.5 Å². The molecule has 1 aliphatic heterocycles. The van der Waals surface area contributed by atoms with Gasteiger partial charge in [-0.15, -0.1) is 0 Å². The molecule has 0 amide bonds. The number of hydrogen-bond acceptors (Lipinski definition) is 4. The monoisotopic (exact) mass is 247 g/mol. The van der Waals surface area contributed by atoms with Crippen LogP contribution in [0, 0.1) is 0 Å². The van der Waals surface area contributed by atoms with E-state index in [2.05, 4.69) is 37.9 Å². The van der Waals surface area contributed by atoms with Gasteiger partial charge in [0.15, 0.2) is 5.96 Å². The predicted molar refractivity (Wildman–Crippen MR) is 75.5 cm³/mol. The van der Waals surface area contributed by atoms with Crippen LogP contribution in [0.5, 0.6) is 5.75 Å². The molecule has 0 saturated heterocycles. The lowest BCUT2D eigenvalue weighted by atomic mass is 9.86. The summed E-state index contributed by atoms with van der Waals surface area (Å²) in [6, 6.07) is 6.25. The number of rotatable bonds is 2. The van der Waals surface area contributed by atoms with Gasteiger partial charge in [0, 0.05) is 6.54 Å². The summed E-state index contributed by atoms with van der Waals surface area (Å²) in [6.07, 6.45) is 0. The number of aliphatic imine (C=N–C) groups is 1. The van der Waals surface area contributed by atoms with Gasteiger partial charge in [-0.3, -0.25) is 4.99 Å². The van der Waals surface area contributed by atoms with Crippen molar-refractivity contribution < 1.29 is 4.74 Å². The standard InChI is InChI=1S/C14H21N3O/c1-14(2,3)10-5-6-12(18-4)11(9-10)17-8-7-16-13(17)15/h5-6,9H,7-8H2,1-4H3,(H2,15,16). The first-order chi connectivity index (χ1) is 8.43. The SMILES string of the molecule is COc1ccc(C(C)(C)C)cc1N1CCN=C1N. The Labute approximate surface area is 108 Å². The Bertz CT molecular complexity index is 474. The summed E-state index contributed by atoms with van der Waals surface area (Å²) in [5.74, 6) is 1.41. The van der Waals surface area contributed by atoms with E-state index in [-0.39, 0.29) is 5.41 Å². The number of methoxy groups -OCH3 is 1. The first kappa shape index (κ1) is 12.7. The minimum atomic E-state index is 0.104. The lowest BCUT2D eigenvalue weighted by Crippen LogP contribution is -2.34. The lowest BCUT2D eigenvalue weighted by Gasteiger charge is -2.25. The first-order valence-corrected chi connectivity index (χ1v) is 6.19. The minimum Gasteiger partial charge on any atom is -0.495 e. The molecule has 0 aromatic heterocycles. The van der Waals surface area contributed by atoms with Crippen molar-refractivity contribution >= 4 is 11.6 Å². The maximum absolute atomic E-state index is 5.91. The number of benzene rings is 1. The highest BCUT2D eigenvalue weighted by Crippen LogP contribution is 2.34. The average Bonchev–Trinajstić information content (AvgIpc) is 2.73. The van der Waals surface area contributed by atoms with Gasteiger partial charge in [0.1, 0.15) is 5.75 Å². The van der Waals surface area contributed by atoms with E-state index in [9.17, 15) is 0 Å². The molecule has 0 bridgehead atoms. The molecule has 1 aliphatic rings. The van der Waals surface area contributed by atoms with E-state index in [1.807, 2.05) is 11.0 Å². The fourth-order valence-electron chi connectivity index (χ4n) is 2.08. The van der Waals surface area contributed by atoms with Crippen molar-refractivity contribution in [1.29, 1.82) is 0 Å². The van der Waals surface area contributed by atoms with Crippen molar-refractivity contribution in [2.45, 2.75) is 26.2 Å². The molecule has 0 fully saturated rings. The predicted octanol–water partition coefficient (Wildman–Crippen LogP) is 2.13. The smallest absolute Gasteiger partial charge is 0.196 e. The van der Waals surface area contributed by atoms with Crippen LogP contribution in [0.3, 0.4) is 0 Å². The van der Waals surface area contributed by atoms with Gasteiger partial charge in [-0.1, -0.05) is 26.8 Å². The van der Waals surface area contributed by atoms with E-state index in [4.69, 9.17) is 10.5 Å². The minimum absolute atomic E-state index is 0.104.